The van der Waals surface area contributed by atoms with E-state index in [1.165, 1.54) is 0 Å². The topological polar surface area (TPSA) is 57.8 Å². The molecule has 1 atom stereocenters. The molecule has 0 saturated carbocycles. The van der Waals surface area contributed by atoms with E-state index in [0.717, 1.165) is 17.3 Å². The summed E-state index contributed by atoms with van der Waals surface area (Å²) in [5.74, 6) is -0.110. The van der Waals surface area contributed by atoms with Crippen LogP contribution in [0.2, 0.25) is 0 Å². The minimum Gasteiger partial charge on any atom is -0.351 e. The van der Waals surface area contributed by atoms with Gasteiger partial charge in [0.2, 0.25) is 0 Å². The van der Waals surface area contributed by atoms with Crippen molar-refractivity contribution >= 4 is 28.6 Å². The Balaban J connectivity index is 2.01. The first-order valence-corrected chi connectivity index (χ1v) is 7.25. The molecule has 0 saturated heterocycles. The predicted octanol–water partition coefficient (Wildman–Crippen LogP) is 2.43. The van der Waals surface area contributed by atoms with Gasteiger partial charge in [0.05, 0.1) is 5.52 Å². The fraction of sp³-hybridized carbons (Fsp3) is 0.385. The van der Waals surface area contributed by atoms with Gasteiger partial charge in [0.15, 0.2) is 5.69 Å². The Kier molecular flexibility index (Phi) is 4.25. The molecule has 1 heterocycles. The fourth-order valence-electron chi connectivity index (χ4n) is 1.73. The molecular weight excluding hydrogens is 246 g/mol. The number of thioether (sulfide) groups is 1. The summed E-state index contributed by atoms with van der Waals surface area (Å²) in [7, 11) is 0. The number of benzene rings is 1. The summed E-state index contributed by atoms with van der Waals surface area (Å²) in [5.41, 5.74) is 1.36. The summed E-state index contributed by atoms with van der Waals surface area (Å²) >= 11 is 1.80. The second kappa shape index (κ2) is 5.91. The third-order valence-electron chi connectivity index (χ3n) is 2.92. The zero-order chi connectivity index (χ0) is 13.0. The SMILES string of the molecule is CSC(C)CCNC(=O)c1n[nH]c2ccccc12. The molecule has 0 spiro atoms. The first-order valence-electron chi connectivity index (χ1n) is 5.96. The number of carbonyl (C=O) groups is 1. The van der Waals surface area contributed by atoms with Crippen LogP contribution in [0.15, 0.2) is 24.3 Å². The van der Waals surface area contributed by atoms with E-state index in [1.807, 2.05) is 24.3 Å². The molecule has 1 unspecified atom stereocenters. The van der Waals surface area contributed by atoms with Crippen molar-refractivity contribution in [3.63, 3.8) is 0 Å². The number of H-pyrrole nitrogens is 1. The Labute approximate surface area is 111 Å². The normalized spacial score (nSPS) is 12.6. The van der Waals surface area contributed by atoms with E-state index in [2.05, 4.69) is 28.7 Å². The van der Waals surface area contributed by atoms with Gasteiger partial charge in [-0.25, -0.2) is 0 Å². The van der Waals surface area contributed by atoms with Gasteiger partial charge in [-0.3, -0.25) is 9.89 Å². The summed E-state index contributed by atoms with van der Waals surface area (Å²) in [6.45, 7) is 2.84. The average Bonchev–Trinajstić information content (AvgIpc) is 2.82. The number of hydrogen-bond donors (Lipinski definition) is 2. The standard InChI is InChI=1S/C13H17N3OS/c1-9(18-2)7-8-14-13(17)12-10-5-3-4-6-11(10)15-16-12/h3-6,9H,7-8H2,1-2H3,(H,14,17)(H,15,16). The van der Waals surface area contributed by atoms with Crippen LogP contribution in [-0.2, 0) is 0 Å². The molecule has 0 radical (unpaired) electrons. The van der Waals surface area contributed by atoms with Crippen molar-refractivity contribution in [2.75, 3.05) is 12.8 Å². The number of aromatic nitrogens is 2. The highest BCUT2D eigenvalue weighted by Crippen LogP contribution is 2.15. The van der Waals surface area contributed by atoms with E-state index in [4.69, 9.17) is 0 Å². The van der Waals surface area contributed by atoms with E-state index in [9.17, 15) is 4.79 Å². The summed E-state index contributed by atoms with van der Waals surface area (Å²) in [6, 6.07) is 7.64. The maximum Gasteiger partial charge on any atom is 0.272 e. The second-order valence-corrected chi connectivity index (χ2v) is 5.48. The van der Waals surface area contributed by atoms with Crippen molar-refractivity contribution in [3.05, 3.63) is 30.0 Å². The number of rotatable bonds is 5. The highest BCUT2D eigenvalue weighted by molar-refractivity contribution is 7.99. The Morgan fingerprint density at radius 2 is 2.28 bits per heavy atom. The van der Waals surface area contributed by atoms with Crippen LogP contribution in [0, 0.1) is 0 Å². The molecule has 4 nitrogen and oxygen atoms in total. The zero-order valence-electron chi connectivity index (χ0n) is 10.6. The second-order valence-electron chi connectivity index (χ2n) is 4.21. The molecule has 18 heavy (non-hydrogen) atoms. The molecule has 0 aliphatic heterocycles. The number of hydrogen-bond acceptors (Lipinski definition) is 3. The maximum atomic E-state index is 12.0. The molecular formula is C13H17N3OS. The molecule has 0 aliphatic carbocycles. The number of nitrogens with zero attached hydrogens (tertiary/aromatic N) is 1. The quantitative estimate of drug-likeness (QED) is 0.871. The molecule has 0 fully saturated rings. The van der Waals surface area contributed by atoms with Crippen molar-refractivity contribution in [1.82, 2.24) is 15.5 Å². The molecule has 1 amide bonds. The highest BCUT2D eigenvalue weighted by Gasteiger charge is 2.13. The lowest BCUT2D eigenvalue weighted by molar-refractivity contribution is 0.0950. The summed E-state index contributed by atoms with van der Waals surface area (Å²) in [4.78, 5) is 12.0. The third-order valence-corrected chi connectivity index (χ3v) is 3.96. The fourth-order valence-corrected chi connectivity index (χ4v) is 2.08. The van der Waals surface area contributed by atoms with Crippen LogP contribution in [0.5, 0.6) is 0 Å². The third kappa shape index (κ3) is 2.85. The van der Waals surface area contributed by atoms with E-state index in [-0.39, 0.29) is 5.91 Å². The van der Waals surface area contributed by atoms with Crippen LogP contribution in [0.1, 0.15) is 23.8 Å². The minimum atomic E-state index is -0.110. The monoisotopic (exact) mass is 263 g/mol. The van der Waals surface area contributed by atoms with Gasteiger partial charge in [0.25, 0.3) is 5.91 Å². The molecule has 2 rings (SSSR count). The van der Waals surface area contributed by atoms with Crippen LogP contribution < -0.4 is 5.32 Å². The Bertz CT molecular complexity index is 538. The highest BCUT2D eigenvalue weighted by atomic mass is 32.2. The van der Waals surface area contributed by atoms with E-state index in [0.29, 0.717) is 17.5 Å². The minimum absolute atomic E-state index is 0.110. The van der Waals surface area contributed by atoms with Crippen LogP contribution >= 0.6 is 11.8 Å². The number of nitrogens with one attached hydrogen (secondary N) is 2. The van der Waals surface area contributed by atoms with Gasteiger partial charge in [0, 0.05) is 17.2 Å². The molecule has 2 aromatic rings. The average molecular weight is 263 g/mol. The number of carbonyl (C=O) groups excluding carboxylic acids is 1. The van der Waals surface area contributed by atoms with Crippen LogP contribution in [-0.4, -0.2) is 34.2 Å². The number of fused-ring (bicyclic) bond motifs is 1. The lowest BCUT2D eigenvalue weighted by atomic mass is 10.2. The van der Waals surface area contributed by atoms with Gasteiger partial charge in [-0.1, -0.05) is 25.1 Å². The molecule has 5 heteroatoms. The number of amides is 1. The molecule has 0 aliphatic rings. The Morgan fingerprint density at radius 3 is 3.06 bits per heavy atom. The Hall–Kier alpha value is -1.49. The van der Waals surface area contributed by atoms with E-state index >= 15 is 0 Å². The van der Waals surface area contributed by atoms with Crippen LogP contribution in [0.4, 0.5) is 0 Å². The van der Waals surface area contributed by atoms with Gasteiger partial charge >= 0.3 is 0 Å². The van der Waals surface area contributed by atoms with E-state index < -0.39 is 0 Å². The molecule has 2 N–H and O–H groups in total. The van der Waals surface area contributed by atoms with Crippen molar-refractivity contribution in [2.45, 2.75) is 18.6 Å². The zero-order valence-corrected chi connectivity index (χ0v) is 11.4. The Morgan fingerprint density at radius 1 is 1.50 bits per heavy atom. The van der Waals surface area contributed by atoms with Gasteiger partial charge in [-0.05, 0) is 18.7 Å². The molecule has 1 aromatic carbocycles. The smallest absolute Gasteiger partial charge is 0.272 e. The van der Waals surface area contributed by atoms with Gasteiger partial charge in [0.1, 0.15) is 0 Å². The molecule has 96 valence electrons. The van der Waals surface area contributed by atoms with Crippen LogP contribution in [0.25, 0.3) is 10.9 Å². The summed E-state index contributed by atoms with van der Waals surface area (Å²) < 4.78 is 0. The van der Waals surface area contributed by atoms with Crippen molar-refractivity contribution in [2.24, 2.45) is 0 Å². The lowest BCUT2D eigenvalue weighted by Gasteiger charge is -2.08. The molecule has 0 bridgehead atoms. The first-order chi connectivity index (χ1) is 8.72. The first kappa shape index (κ1) is 13.0. The predicted molar refractivity (Wildman–Crippen MR) is 76.0 cm³/mol. The van der Waals surface area contributed by atoms with Gasteiger partial charge < -0.3 is 5.32 Å². The van der Waals surface area contributed by atoms with Crippen molar-refractivity contribution in [3.8, 4) is 0 Å². The largest absolute Gasteiger partial charge is 0.351 e. The van der Waals surface area contributed by atoms with Gasteiger partial charge in [-0.2, -0.15) is 16.9 Å². The molecule has 1 aromatic heterocycles. The van der Waals surface area contributed by atoms with E-state index in [1.54, 1.807) is 11.8 Å². The van der Waals surface area contributed by atoms with Crippen LogP contribution in [0.3, 0.4) is 0 Å². The lowest BCUT2D eigenvalue weighted by Crippen LogP contribution is -2.26. The van der Waals surface area contributed by atoms with Crippen molar-refractivity contribution < 1.29 is 4.79 Å². The maximum absolute atomic E-state index is 12.0. The summed E-state index contributed by atoms with van der Waals surface area (Å²) in [6.07, 6.45) is 3.04. The number of para-hydroxylation sites is 1. The number of aromatic amines is 1. The van der Waals surface area contributed by atoms with Crippen molar-refractivity contribution in [1.29, 1.82) is 0 Å². The van der Waals surface area contributed by atoms with Gasteiger partial charge in [-0.15, -0.1) is 0 Å². The summed E-state index contributed by atoms with van der Waals surface area (Å²) in [5, 5.41) is 11.3.